The second-order valence-electron chi connectivity index (χ2n) is 10.4. The van der Waals surface area contributed by atoms with Crippen molar-refractivity contribution in [3.63, 3.8) is 0 Å². The van der Waals surface area contributed by atoms with Gasteiger partial charge >= 0.3 is 0 Å². The quantitative estimate of drug-likeness (QED) is 0.126. The molecular weight excluding hydrogens is 376 g/mol. The highest BCUT2D eigenvalue weighted by Crippen LogP contribution is 2.19. The number of hydrogen-bond donors (Lipinski definition) is 1. The minimum Gasteiger partial charge on any atom is -0.396 e. The smallest absolute Gasteiger partial charge is 0.0459 e. The Bertz CT molecular complexity index is 301. The Morgan fingerprint density at radius 1 is 0.355 bits per heavy atom. The van der Waals surface area contributed by atoms with Crippen LogP contribution in [0.3, 0.4) is 0 Å². The molecule has 1 heteroatoms. The molecule has 0 aromatic carbocycles. The minimum atomic E-state index is 0.413. The molecule has 0 spiro atoms. The predicted molar refractivity (Wildman–Crippen MR) is 142 cm³/mol. The van der Waals surface area contributed by atoms with Gasteiger partial charge in [-0.25, -0.2) is 0 Å². The van der Waals surface area contributed by atoms with Gasteiger partial charge in [-0.15, -0.1) is 0 Å². The second kappa shape index (κ2) is 28.0. The van der Waals surface area contributed by atoms with Crippen molar-refractivity contribution >= 4 is 0 Å². The maximum atomic E-state index is 9.68. The molecular formula is C30H62O. The van der Waals surface area contributed by atoms with Crippen molar-refractivity contribution in [3.8, 4) is 0 Å². The summed E-state index contributed by atoms with van der Waals surface area (Å²) < 4.78 is 0. The highest BCUT2D eigenvalue weighted by atomic mass is 16.3. The van der Waals surface area contributed by atoms with E-state index in [2.05, 4.69) is 13.8 Å². The van der Waals surface area contributed by atoms with E-state index in [1.807, 2.05) is 0 Å². The third-order valence-electron chi connectivity index (χ3n) is 7.19. The van der Waals surface area contributed by atoms with Crippen LogP contribution in [0, 0.1) is 5.92 Å². The lowest BCUT2D eigenvalue weighted by Crippen LogP contribution is -2.06. The van der Waals surface area contributed by atoms with E-state index in [0.717, 1.165) is 0 Å². The van der Waals surface area contributed by atoms with Gasteiger partial charge in [0, 0.05) is 6.61 Å². The van der Waals surface area contributed by atoms with Crippen LogP contribution in [-0.4, -0.2) is 11.7 Å². The van der Waals surface area contributed by atoms with E-state index in [-0.39, 0.29) is 0 Å². The standard InChI is InChI=1S/C30H62O/c1-3-5-7-9-11-13-15-16-18-20-22-24-26-28-30(29-31)27-25-23-21-19-17-14-12-10-8-6-4-2/h30-31H,3-29H2,1-2H3. The predicted octanol–water partition coefficient (Wildman–Crippen LogP) is 10.8. The monoisotopic (exact) mass is 438 g/mol. The zero-order valence-corrected chi connectivity index (χ0v) is 22.1. The van der Waals surface area contributed by atoms with Crippen molar-refractivity contribution in [1.29, 1.82) is 0 Å². The Morgan fingerprint density at radius 2 is 0.581 bits per heavy atom. The highest BCUT2D eigenvalue weighted by Gasteiger charge is 2.07. The van der Waals surface area contributed by atoms with Crippen LogP contribution in [0.15, 0.2) is 0 Å². The fourth-order valence-electron chi connectivity index (χ4n) is 4.87. The summed E-state index contributed by atoms with van der Waals surface area (Å²) >= 11 is 0. The molecule has 1 unspecified atom stereocenters. The molecule has 0 aliphatic rings. The van der Waals surface area contributed by atoms with Gasteiger partial charge in [0.2, 0.25) is 0 Å². The van der Waals surface area contributed by atoms with Crippen molar-refractivity contribution in [2.75, 3.05) is 6.61 Å². The average molecular weight is 439 g/mol. The van der Waals surface area contributed by atoms with E-state index >= 15 is 0 Å². The second-order valence-corrected chi connectivity index (χ2v) is 10.4. The number of rotatable bonds is 27. The van der Waals surface area contributed by atoms with Crippen LogP contribution in [0.4, 0.5) is 0 Å². The summed E-state index contributed by atoms with van der Waals surface area (Å²) in [5.41, 5.74) is 0. The van der Waals surface area contributed by atoms with E-state index in [0.29, 0.717) is 12.5 Å². The normalized spacial score (nSPS) is 12.5. The number of aliphatic hydroxyl groups is 1. The first kappa shape index (κ1) is 31.0. The van der Waals surface area contributed by atoms with Crippen molar-refractivity contribution < 1.29 is 5.11 Å². The van der Waals surface area contributed by atoms with Gasteiger partial charge in [-0.3, -0.25) is 0 Å². The topological polar surface area (TPSA) is 20.2 Å². The molecule has 0 rings (SSSR count). The lowest BCUT2D eigenvalue weighted by molar-refractivity contribution is 0.204. The molecule has 0 amide bonds. The fourth-order valence-corrected chi connectivity index (χ4v) is 4.87. The van der Waals surface area contributed by atoms with Crippen LogP contribution in [0.1, 0.15) is 181 Å². The summed E-state index contributed by atoms with van der Waals surface area (Å²) in [5, 5.41) is 9.68. The first-order valence-corrected chi connectivity index (χ1v) is 15.0. The van der Waals surface area contributed by atoms with Crippen LogP contribution in [-0.2, 0) is 0 Å². The van der Waals surface area contributed by atoms with Crippen molar-refractivity contribution in [2.45, 2.75) is 181 Å². The lowest BCUT2D eigenvalue weighted by atomic mass is 9.94. The zero-order valence-electron chi connectivity index (χ0n) is 22.1. The maximum Gasteiger partial charge on any atom is 0.0459 e. The first-order chi connectivity index (χ1) is 15.3. The minimum absolute atomic E-state index is 0.413. The first-order valence-electron chi connectivity index (χ1n) is 15.0. The fraction of sp³-hybridized carbons (Fsp3) is 1.00. The molecule has 0 bridgehead atoms. The zero-order chi connectivity index (χ0) is 22.7. The SMILES string of the molecule is CCCCCCCCCCCCCCCC(CO)CCCCCCCCCCCCC. The van der Waals surface area contributed by atoms with E-state index in [1.165, 1.54) is 167 Å². The van der Waals surface area contributed by atoms with Crippen LogP contribution < -0.4 is 0 Å². The van der Waals surface area contributed by atoms with Crippen molar-refractivity contribution in [3.05, 3.63) is 0 Å². The van der Waals surface area contributed by atoms with Gasteiger partial charge in [0.15, 0.2) is 0 Å². The number of unbranched alkanes of at least 4 members (excludes halogenated alkanes) is 22. The molecule has 0 heterocycles. The van der Waals surface area contributed by atoms with Gasteiger partial charge in [0.1, 0.15) is 0 Å². The number of hydrogen-bond acceptors (Lipinski definition) is 1. The Kier molecular flexibility index (Phi) is 28.0. The van der Waals surface area contributed by atoms with Gasteiger partial charge in [0.25, 0.3) is 0 Å². The summed E-state index contributed by atoms with van der Waals surface area (Å²) in [7, 11) is 0. The molecule has 1 N–H and O–H groups in total. The number of aliphatic hydroxyl groups excluding tert-OH is 1. The van der Waals surface area contributed by atoms with Gasteiger partial charge in [0.05, 0.1) is 0 Å². The lowest BCUT2D eigenvalue weighted by Gasteiger charge is -2.13. The van der Waals surface area contributed by atoms with E-state index < -0.39 is 0 Å². The van der Waals surface area contributed by atoms with Crippen LogP contribution in [0.2, 0.25) is 0 Å². The molecule has 0 fully saturated rings. The summed E-state index contributed by atoms with van der Waals surface area (Å²) in [6, 6.07) is 0. The molecule has 0 aromatic heterocycles. The van der Waals surface area contributed by atoms with Crippen molar-refractivity contribution in [2.24, 2.45) is 5.92 Å². The Morgan fingerprint density at radius 3 is 0.806 bits per heavy atom. The Labute approximate surface area is 198 Å². The maximum absolute atomic E-state index is 9.68. The average Bonchev–Trinajstić information content (AvgIpc) is 2.79. The molecule has 0 saturated heterocycles. The molecule has 0 aromatic rings. The third-order valence-corrected chi connectivity index (χ3v) is 7.19. The summed E-state index contributed by atoms with van der Waals surface area (Å²) in [6.45, 7) is 5.00. The van der Waals surface area contributed by atoms with Gasteiger partial charge in [-0.2, -0.15) is 0 Å². The molecule has 188 valence electrons. The van der Waals surface area contributed by atoms with E-state index in [4.69, 9.17) is 0 Å². The molecule has 0 radical (unpaired) electrons. The van der Waals surface area contributed by atoms with E-state index in [1.54, 1.807) is 0 Å². The van der Waals surface area contributed by atoms with Crippen molar-refractivity contribution in [1.82, 2.24) is 0 Å². The third kappa shape index (κ3) is 26.1. The molecule has 0 saturated carbocycles. The molecule has 1 nitrogen and oxygen atoms in total. The molecule has 31 heavy (non-hydrogen) atoms. The Hall–Kier alpha value is -0.0400. The van der Waals surface area contributed by atoms with Gasteiger partial charge in [-0.05, 0) is 18.8 Å². The molecule has 0 aliphatic heterocycles. The van der Waals surface area contributed by atoms with Gasteiger partial charge in [-0.1, -0.05) is 168 Å². The molecule has 1 atom stereocenters. The summed E-state index contributed by atoms with van der Waals surface area (Å²) in [6.07, 6.45) is 36.6. The summed E-state index contributed by atoms with van der Waals surface area (Å²) in [4.78, 5) is 0. The van der Waals surface area contributed by atoms with Crippen LogP contribution in [0.5, 0.6) is 0 Å². The van der Waals surface area contributed by atoms with E-state index in [9.17, 15) is 5.11 Å². The largest absolute Gasteiger partial charge is 0.396 e. The molecule has 0 aliphatic carbocycles. The van der Waals surface area contributed by atoms with Crippen LogP contribution >= 0.6 is 0 Å². The van der Waals surface area contributed by atoms with Crippen LogP contribution in [0.25, 0.3) is 0 Å². The Balaban J connectivity index is 3.26. The highest BCUT2D eigenvalue weighted by molar-refractivity contribution is 4.60. The summed E-state index contributed by atoms with van der Waals surface area (Å²) in [5.74, 6) is 0.575. The van der Waals surface area contributed by atoms with Gasteiger partial charge < -0.3 is 5.11 Å².